The van der Waals surface area contributed by atoms with Crippen molar-refractivity contribution in [1.82, 2.24) is 5.32 Å². The van der Waals surface area contributed by atoms with Gasteiger partial charge in [-0.25, -0.2) is 8.42 Å². The monoisotopic (exact) mass is 428 g/mol. The van der Waals surface area contributed by atoms with Crippen molar-refractivity contribution in [2.24, 2.45) is 5.92 Å². The number of amides is 1. The van der Waals surface area contributed by atoms with Crippen LogP contribution in [0, 0.1) is 5.92 Å². The third-order valence-electron chi connectivity index (χ3n) is 6.03. The van der Waals surface area contributed by atoms with Crippen LogP contribution in [0.2, 0.25) is 0 Å². The number of hydrogen-bond acceptors (Lipinski definition) is 4. The number of hydrogen-bond donors (Lipinski definition) is 2. The second-order valence-corrected chi connectivity index (χ2v) is 10.8. The molecule has 0 saturated heterocycles. The summed E-state index contributed by atoms with van der Waals surface area (Å²) in [5, 5.41) is 1.72. The first-order valence-corrected chi connectivity index (χ1v) is 11.8. The van der Waals surface area contributed by atoms with Crippen molar-refractivity contribution in [3.63, 3.8) is 0 Å². The van der Waals surface area contributed by atoms with Gasteiger partial charge in [0, 0.05) is 5.69 Å². The fourth-order valence-corrected chi connectivity index (χ4v) is 7.20. The van der Waals surface area contributed by atoms with Crippen LogP contribution < -0.4 is 11.1 Å². The molecule has 1 saturated carbocycles. The highest BCUT2D eigenvalue weighted by molar-refractivity contribution is 7.93. The third kappa shape index (κ3) is 4.82. The van der Waals surface area contributed by atoms with Gasteiger partial charge in [0.2, 0.25) is 5.91 Å². The van der Waals surface area contributed by atoms with Crippen LogP contribution >= 0.6 is 12.4 Å². The molecule has 0 aromatic heterocycles. The minimum Gasteiger partial charge on any atom is -0.399 e. The molecule has 0 aliphatic heterocycles. The number of rotatable bonds is 5. The lowest BCUT2D eigenvalue weighted by Gasteiger charge is -2.31. The van der Waals surface area contributed by atoms with Gasteiger partial charge in [0.05, 0.1) is 11.3 Å². The van der Waals surface area contributed by atoms with Crippen LogP contribution in [0.5, 0.6) is 0 Å². The van der Waals surface area contributed by atoms with E-state index in [0.29, 0.717) is 12.8 Å². The van der Waals surface area contributed by atoms with Gasteiger partial charge < -0.3 is 11.1 Å². The summed E-state index contributed by atoms with van der Waals surface area (Å²) >= 11 is 0. The number of benzene rings is 1. The summed E-state index contributed by atoms with van der Waals surface area (Å²) in [6, 6.07) is 5.65. The van der Waals surface area contributed by atoms with E-state index in [1.54, 1.807) is 0 Å². The van der Waals surface area contributed by atoms with E-state index in [2.05, 4.69) is 5.32 Å². The lowest BCUT2D eigenvalue weighted by Crippen LogP contribution is -2.48. The number of anilines is 1. The molecule has 0 bridgehead atoms. The van der Waals surface area contributed by atoms with Crippen LogP contribution in [-0.2, 0) is 21.1 Å². The van der Waals surface area contributed by atoms with Crippen molar-refractivity contribution in [3.8, 4) is 0 Å². The Labute approximate surface area is 175 Å². The maximum absolute atomic E-state index is 13.2. The summed E-state index contributed by atoms with van der Waals surface area (Å²) in [6.45, 7) is 3.67. The molecular formula is C21H33ClN2O3S. The van der Waals surface area contributed by atoms with Crippen molar-refractivity contribution < 1.29 is 13.2 Å². The predicted octanol–water partition coefficient (Wildman–Crippen LogP) is 3.96. The van der Waals surface area contributed by atoms with Gasteiger partial charge in [-0.15, -0.1) is 12.4 Å². The topological polar surface area (TPSA) is 89.3 Å². The summed E-state index contributed by atoms with van der Waals surface area (Å²) in [6.07, 6.45) is 7.07. The van der Waals surface area contributed by atoms with Gasteiger partial charge in [-0.1, -0.05) is 39.2 Å². The molecule has 2 atom stereocenters. The molecule has 0 radical (unpaired) electrons. The molecule has 1 amide bonds. The van der Waals surface area contributed by atoms with Gasteiger partial charge in [0.1, 0.15) is 5.25 Å². The Kier molecular flexibility index (Phi) is 7.80. The highest BCUT2D eigenvalue weighted by Crippen LogP contribution is 2.33. The average molecular weight is 429 g/mol. The number of carbonyl (C=O) groups excluding carboxylic acids is 1. The predicted molar refractivity (Wildman–Crippen MR) is 116 cm³/mol. The summed E-state index contributed by atoms with van der Waals surface area (Å²) in [5.74, 6) is -0.586. The normalized spacial score (nSPS) is 21.5. The van der Waals surface area contributed by atoms with E-state index in [-0.39, 0.29) is 35.5 Å². The van der Waals surface area contributed by atoms with E-state index in [1.165, 1.54) is 0 Å². The molecule has 0 heterocycles. The molecular weight excluding hydrogens is 396 g/mol. The third-order valence-corrected chi connectivity index (χ3v) is 8.90. The van der Waals surface area contributed by atoms with E-state index < -0.39 is 15.1 Å². The minimum atomic E-state index is -3.49. The Morgan fingerprint density at radius 3 is 2.43 bits per heavy atom. The van der Waals surface area contributed by atoms with Crippen LogP contribution in [0.4, 0.5) is 5.69 Å². The van der Waals surface area contributed by atoms with Gasteiger partial charge in [0.15, 0.2) is 9.84 Å². The molecule has 1 aromatic rings. The van der Waals surface area contributed by atoms with Crippen LogP contribution in [-0.4, -0.2) is 24.8 Å². The Balaban J connectivity index is 0.00000280. The first-order chi connectivity index (χ1) is 12.8. The fourth-order valence-electron chi connectivity index (χ4n) is 4.67. The SMILES string of the molecule is CC(C)C(C(=O)NC1CCCc2cc(N)ccc21)S(=O)(=O)C1CCCCC1.Cl. The van der Waals surface area contributed by atoms with Crippen LogP contribution in [0.3, 0.4) is 0 Å². The van der Waals surface area contributed by atoms with E-state index >= 15 is 0 Å². The summed E-state index contributed by atoms with van der Waals surface area (Å²) in [4.78, 5) is 13.1. The largest absolute Gasteiger partial charge is 0.399 e. The number of nitrogens with two attached hydrogens (primary N) is 1. The molecule has 1 fully saturated rings. The van der Waals surface area contributed by atoms with Gasteiger partial charge in [0.25, 0.3) is 0 Å². The van der Waals surface area contributed by atoms with Crippen molar-refractivity contribution in [2.45, 2.75) is 81.8 Å². The Hall–Kier alpha value is -1.27. The molecule has 2 unspecified atom stereocenters. The standard InChI is InChI=1S/C21H32N2O3S.ClH/c1-14(2)20(27(25,26)17-8-4-3-5-9-17)21(24)23-19-10-6-7-15-13-16(22)11-12-18(15)19;/h11-14,17,19-20H,3-10,22H2,1-2H3,(H,23,24);1H. The quantitative estimate of drug-likeness (QED) is 0.694. The number of nitrogens with one attached hydrogen (secondary N) is 1. The van der Waals surface area contributed by atoms with E-state index in [1.807, 2.05) is 32.0 Å². The zero-order chi connectivity index (χ0) is 19.6. The first kappa shape index (κ1) is 23.0. The Morgan fingerprint density at radius 2 is 1.79 bits per heavy atom. The smallest absolute Gasteiger partial charge is 0.239 e. The molecule has 3 N–H and O–H groups in total. The van der Waals surface area contributed by atoms with Gasteiger partial charge >= 0.3 is 0 Å². The lowest BCUT2D eigenvalue weighted by atomic mass is 9.87. The molecule has 3 rings (SSSR count). The fraction of sp³-hybridized carbons (Fsp3) is 0.667. The molecule has 5 nitrogen and oxygen atoms in total. The zero-order valence-corrected chi connectivity index (χ0v) is 18.4. The van der Waals surface area contributed by atoms with Gasteiger partial charge in [-0.05, 0) is 61.3 Å². The van der Waals surface area contributed by atoms with Crippen molar-refractivity contribution in [1.29, 1.82) is 0 Å². The summed E-state index contributed by atoms with van der Waals surface area (Å²) < 4.78 is 26.4. The number of fused-ring (bicyclic) bond motifs is 1. The second-order valence-electron chi connectivity index (χ2n) is 8.43. The van der Waals surface area contributed by atoms with Crippen molar-refractivity contribution >= 4 is 33.8 Å². The maximum atomic E-state index is 13.2. The second kappa shape index (κ2) is 9.49. The maximum Gasteiger partial charge on any atom is 0.239 e. The lowest BCUT2D eigenvalue weighted by molar-refractivity contribution is -0.122. The zero-order valence-electron chi connectivity index (χ0n) is 16.8. The number of carbonyl (C=O) groups is 1. The van der Waals surface area contributed by atoms with Gasteiger partial charge in [-0.2, -0.15) is 0 Å². The Bertz CT molecular complexity index is 789. The van der Waals surface area contributed by atoms with Crippen molar-refractivity contribution in [3.05, 3.63) is 29.3 Å². The molecule has 158 valence electrons. The van der Waals surface area contributed by atoms with Crippen molar-refractivity contribution in [2.75, 3.05) is 5.73 Å². The summed E-state index contributed by atoms with van der Waals surface area (Å²) in [5.41, 5.74) is 8.84. The van der Waals surface area contributed by atoms with E-state index in [4.69, 9.17) is 5.73 Å². The van der Waals surface area contributed by atoms with E-state index in [9.17, 15) is 13.2 Å². The minimum absolute atomic E-state index is 0. The highest BCUT2D eigenvalue weighted by Gasteiger charge is 2.41. The van der Waals surface area contributed by atoms with E-state index in [0.717, 1.165) is 55.3 Å². The van der Waals surface area contributed by atoms with Crippen LogP contribution in [0.25, 0.3) is 0 Å². The van der Waals surface area contributed by atoms with Crippen LogP contribution in [0.15, 0.2) is 18.2 Å². The number of aryl methyl sites for hydroxylation is 1. The Morgan fingerprint density at radius 1 is 1.11 bits per heavy atom. The first-order valence-electron chi connectivity index (χ1n) is 10.2. The molecule has 2 aliphatic carbocycles. The molecule has 28 heavy (non-hydrogen) atoms. The highest BCUT2D eigenvalue weighted by atomic mass is 35.5. The number of halogens is 1. The molecule has 7 heteroatoms. The molecule has 0 spiro atoms. The van der Waals surface area contributed by atoms with Gasteiger partial charge in [-0.3, -0.25) is 4.79 Å². The van der Waals surface area contributed by atoms with Crippen LogP contribution in [0.1, 0.15) is 76.0 Å². The average Bonchev–Trinajstić information content (AvgIpc) is 2.62. The molecule has 2 aliphatic rings. The number of nitrogen functional groups attached to an aromatic ring is 1. The molecule has 1 aromatic carbocycles. The number of sulfone groups is 1. The summed E-state index contributed by atoms with van der Waals surface area (Å²) in [7, 11) is -3.49.